The number of nitrogens with one attached hydrogen (secondary N) is 3. The summed E-state index contributed by atoms with van der Waals surface area (Å²) in [7, 11) is 1.65. The van der Waals surface area contributed by atoms with Gasteiger partial charge >= 0.3 is 0 Å². The van der Waals surface area contributed by atoms with Crippen LogP contribution in [0.2, 0.25) is 0 Å². The Morgan fingerprint density at radius 3 is 2.55 bits per heavy atom. The summed E-state index contributed by atoms with van der Waals surface area (Å²) in [5.41, 5.74) is 1.99. The molecule has 1 aliphatic rings. The van der Waals surface area contributed by atoms with Gasteiger partial charge in [0.05, 0.1) is 19.4 Å². The molecule has 0 bridgehead atoms. The van der Waals surface area contributed by atoms with Gasteiger partial charge in [0.2, 0.25) is 11.8 Å². The fourth-order valence-electron chi connectivity index (χ4n) is 2.95. The molecular weight excluding hydrogens is 485 g/mol. The third kappa shape index (κ3) is 6.77. The van der Waals surface area contributed by atoms with E-state index in [0.717, 1.165) is 24.2 Å². The molecular formula is C20H26IN5O3. The summed E-state index contributed by atoms with van der Waals surface area (Å²) in [6, 6.07) is 11.5. The van der Waals surface area contributed by atoms with Crippen molar-refractivity contribution in [3.05, 3.63) is 54.0 Å². The lowest BCUT2D eigenvalue weighted by atomic mass is 10.2. The van der Waals surface area contributed by atoms with Gasteiger partial charge in [0.1, 0.15) is 5.76 Å². The Bertz CT molecular complexity index is 821. The van der Waals surface area contributed by atoms with Crippen LogP contribution in [0.25, 0.3) is 0 Å². The van der Waals surface area contributed by atoms with Crippen molar-refractivity contribution in [1.82, 2.24) is 16.0 Å². The van der Waals surface area contributed by atoms with E-state index in [0.29, 0.717) is 31.2 Å². The number of furan rings is 1. The summed E-state index contributed by atoms with van der Waals surface area (Å²) in [6.07, 6.45) is 3.11. The van der Waals surface area contributed by atoms with Gasteiger partial charge in [-0.25, -0.2) is 0 Å². The summed E-state index contributed by atoms with van der Waals surface area (Å²) < 4.78 is 5.17. The molecule has 1 aromatic carbocycles. The Morgan fingerprint density at radius 1 is 1.14 bits per heavy atom. The molecule has 8 nitrogen and oxygen atoms in total. The van der Waals surface area contributed by atoms with Crippen LogP contribution in [0, 0.1) is 0 Å². The van der Waals surface area contributed by atoms with Crippen LogP contribution < -0.4 is 20.9 Å². The van der Waals surface area contributed by atoms with Crippen molar-refractivity contribution < 1.29 is 14.0 Å². The van der Waals surface area contributed by atoms with Gasteiger partial charge in [-0.3, -0.25) is 14.6 Å². The van der Waals surface area contributed by atoms with Crippen LogP contribution in [0.1, 0.15) is 24.2 Å². The number of hydrogen-bond donors (Lipinski definition) is 3. The maximum atomic E-state index is 11.9. The molecule has 2 aromatic rings. The summed E-state index contributed by atoms with van der Waals surface area (Å²) in [5.74, 6) is 1.27. The summed E-state index contributed by atoms with van der Waals surface area (Å²) in [5, 5.41) is 8.91. The van der Waals surface area contributed by atoms with Gasteiger partial charge < -0.3 is 25.3 Å². The fraction of sp³-hybridized carbons (Fsp3) is 0.350. The van der Waals surface area contributed by atoms with E-state index in [1.807, 2.05) is 29.2 Å². The van der Waals surface area contributed by atoms with Crippen molar-refractivity contribution in [3.63, 3.8) is 0 Å². The zero-order valence-electron chi connectivity index (χ0n) is 16.3. The number of hydrogen-bond acceptors (Lipinski definition) is 4. The van der Waals surface area contributed by atoms with E-state index < -0.39 is 0 Å². The number of rotatable bonds is 7. The number of guanidine groups is 1. The van der Waals surface area contributed by atoms with Crippen molar-refractivity contribution >= 4 is 47.4 Å². The van der Waals surface area contributed by atoms with Gasteiger partial charge in [0, 0.05) is 32.2 Å². The van der Waals surface area contributed by atoms with E-state index in [9.17, 15) is 9.59 Å². The minimum atomic E-state index is -0.154. The highest BCUT2D eigenvalue weighted by atomic mass is 127. The van der Waals surface area contributed by atoms with Crippen LogP contribution in [-0.4, -0.2) is 37.9 Å². The quantitative estimate of drug-likeness (QED) is 0.300. The Morgan fingerprint density at radius 2 is 1.93 bits per heavy atom. The summed E-state index contributed by atoms with van der Waals surface area (Å²) in [6.45, 7) is 1.80. The number of nitrogens with zero attached hydrogens (tertiary/aromatic N) is 2. The third-order valence-electron chi connectivity index (χ3n) is 4.46. The largest absolute Gasteiger partial charge is 0.467 e. The minimum Gasteiger partial charge on any atom is -0.467 e. The first-order valence-electron chi connectivity index (χ1n) is 9.28. The lowest BCUT2D eigenvalue weighted by Gasteiger charge is -2.16. The van der Waals surface area contributed by atoms with Crippen LogP contribution >= 0.6 is 24.0 Å². The van der Waals surface area contributed by atoms with Gasteiger partial charge in [-0.05, 0) is 36.2 Å². The van der Waals surface area contributed by atoms with Gasteiger partial charge in [-0.15, -0.1) is 24.0 Å². The predicted octanol–water partition coefficient (Wildman–Crippen LogP) is 2.01. The molecule has 9 heteroatoms. The zero-order valence-corrected chi connectivity index (χ0v) is 18.6. The minimum absolute atomic E-state index is 0. The smallest absolute Gasteiger partial charge is 0.239 e. The number of carbonyl (C=O) groups excluding carboxylic acids is 2. The topological polar surface area (TPSA) is 99.0 Å². The first kappa shape index (κ1) is 22.7. The number of benzene rings is 1. The molecule has 1 fully saturated rings. The molecule has 3 rings (SSSR count). The molecule has 0 spiro atoms. The standard InChI is InChI=1S/C20H25N5O3.HI/c1-21-20(24-14-18(26)22-13-17-4-3-11-28-17)23-12-15-6-8-16(9-7-15)25-10-2-5-19(25)27;/h3-4,6-9,11H,2,5,10,12-14H2,1H3,(H,22,26)(H2,21,23,24);1H. The first-order valence-corrected chi connectivity index (χ1v) is 9.28. The second-order valence-electron chi connectivity index (χ2n) is 6.45. The van der Waals surface area contributed by atoms with E-state index >= 15 is 0 Å². The lowest BCUT2D eigenvalue weighted by Crippen LogP contribution is -2.42. The molecule has 0 radical (unpaired) electrons. The summed E-state index contributed by atoms with van der Waals surface area (Å²) in [4.78, 5) is 29.6. The molecule has 3 N–H and O–H groups in total. The molecule has 0 unspecified atom stereocenters. The van der Waals surface area contributed by atoms with Crippen molar-refractivity contribution in [3.8, 4) is 0 Å². The number of aliphatic imine (C=N–C) groups is 1. The average molecular weight is 511 g/mol. The zero-order chi connectivity index (χ0) is 19.8. The molecule has 1 saturated heterocycles. The monoisotopic (exact) mass is 511 g/mol. The van der Waals surface area contributed by atoms with E-state index in [1.165, 1.54) is 0 Å². The normalized spacial score (nSPS) is 13.8. The van der Waals surface area contributed by atoms with Crippen LogP contribution in [0.3, 0.4) is 0 Å². The first-order chi connectivity index (χ1) is 13.7. The SMILES string of the molecule is CN=C(NCC(=O)NCc1ccco1)NCc1ccc(N2CCCC2=O)cc1.I. The molecule has 1 aliphatic heterocycles. The molecule has 29 heavy (non-hydrogen) atoms. The predicted molar refractivity (Wildman–Crippen MR) is 122 cm³/mol. The number of anilines is 1. The highest BCUT2D eigenvalue weighted by Gasteiger charge is 2.21. The Hall–Kier alpha value is -2.56. The average Bonchev–Trinajstić information content (AvgIpc) is 3.38. The molecule has 0 saturated carbocycles. The van der Waals surface area contributed by atoms with E-state index in [4.69, 9.17) is 4.42 Å². The third-order valence-corrected chi connectivity index (χ3v) is 4.46. The summed E-state index contributed by atoms with van der Waals surface area (Å²) >= 11 is 0. The highest BCUT2D eigenvalue weighted by molar-refractivity contribution is 14.0. The fourth-order valence-corrected chi connectivity index (χ4v) is 2.95. The maximum Gasteiger partial charge on any atom is 0.239 e. The van der Waals surface area contributed by atoms with Crippen molar-refractivity contribution in [2.24, 2.45) is 4.99 Å². The Labute approximate surface area is 187 Å². The molecule has 0 atom stereocenters. The van der Waals surface area contributed by atoms with E-state index in [-0.39, 0.29) is 42.3 Å². The van der Waals surface area contributed by atoms with Crippen LogP contribution in [-0.2, 0) is 22.7 Å². The highest BCUT2D eigenvalue weighted by Crippen LogP contribution is 2.21. The van der Waals surface area contributed by atoms with Crippen molar-refractivity contribution in [1.29, 1.82) is 0 Å². The molecule has 1 aromatic heterocycles. The maximum absolute atomic E-state index is 11.9. The number of amides is 2. The van der Waals surface area contributed by atoms with Crippen LogP contribution in [0.4, 0.5) is 5.69 Å². The van der Waals surface area contributed by atoms with E-state index in [1.54, 1.807) is 25.4 Å². The Kier molecular flexibility index (Phi) is 8.97. The second kappa shape index (κ2) is 11.4. The molecule has 156 valence electrons. The van der Waals surface area contributed by atoms with E-state index in [2.05, 4.69) is 20.9 Å². The Balaban J connectivity index is 0.00000300. The van der Waals surface area contributed by atoms with Gasteiger partial charge in [0.15, 0.2) is 5.96 Å². The second-order valence-corrected chi connectivity index (χ2v) is 6.45. The number of carbonyl (C=O) groups is 2. The van der Waals surface area contributed by atoms with Crippen molar-refractivity contribution in [2.75, 3.05) is 25.0 Å². The van der Waals surface area contributed by atoms with Gasteiger partial charge in [-0.1, -0.05) is 12.1 Å². The lowest BCUT2D eigenvalue weighted by molar-refractivity contribution is -0.120. The number of halogens is 1. The van der Waals surface area contributed by atoms with Crippen LogP contribution in [0.15, 0.2) is 52.1 Å². The van der Waals surface area contributed by atoms with Crippen LogP contribution in [0.5, 0.6) is 0 Å². The van der Waals surface area contributed by atoms with Crippen molar-refractivity contribution in [2.45, 2.75) is 25.9 Å². The van der Waals surface area contributed by atoms with Gasteiger partial charge in [-0.2, -0.15) is 0 Å². The van der Waals surface area contributed by atoms with Gasteiger partial charge in [0.25, 0.3) is 0 Å². The molecule has 2 heterocycles. The molecule has 2 amide bonds. The molecule has 0 aliphatic carbocycles.